The summed E-state index contributed by atoms with van der Waals surface area (Å²) in [4.78, 5) is 12.4. The number of hydrogen-bond donors (Lipinski definition) is 3. The number of sulfonamides is 1. The van der Waals surface area contributed by atoms with Gasteiger partial charge in [0, 0.05) is 6.04 Å². The molecular weight excluding hydrogens is 330 g/mol. The topological polar surface area (TPSA) is 117 Å². The van der Waals surface area contributed by atoms with E-state index in [-0.39, 0.29) is 22.4 Å². The Morgan fingerprint density at radius 3 is 2.50 bits per heavy atom. The molecule has 24 heavy (non-hydrogen) atoms. The van der Waals surface area contributed by atoms with Crippen LogP contribution in [0.5, 0.6) is 0 Å². The first kappa shape index (κ1) is 16.4. The maximum absolute atomic E-state index is 12.3. The van der Waals surface area contributed by atoms with Crippen LogP contribution < -0.4 is 10.0 Å². The van der Waals surface area contributed by atoms with Gasteiger partial charge in [0.15, 0.2) is 11.5 Å². The fourth-order valence-corrected chi connectivity index (χ4v) is 3.78. The molecule has 0 unspecified atom stereocenters. The maximum atomic E-state index is 12.3. The van der Waals surface area contributed by atoms with Gasteiger partial charge in [0.2, 0.25) is 0 Å². The first-order valence-corrected chi connectivity index (χ1v) is 9.34. The van der Waals surface area contributed by atoms with Crippen LogP contribution in [-0.4, -0.2) is 35.8 Å². The SMILES string of the molecule is O=C(NC1CCCCC1)c1n[nH]nc1NS(=O)(=O)c1ccccc1. The van der Waals surface area contributed by atoms with Crippen LogP contribution >= 0.6 is 0 Å². The summed E-state index contributed by atoms with van der Waals surface area (Å²) in [5.74, 6) is -0.534. The van der Waals surface area contributed by atoms with Crippen molar-refractivity contribution in [2.75, 3.05) is 4.72 Å². The molecule has 0 aliphatic heterocycles. The first-order valence-electron chi connectivity index (χ1n) is 7.86. The third kappa shape index (κ3) is 3.73. The average Bonchev–Trinajstić information content (AvgIpc) is 3.04. The van der Waals surface area contributed by atoms with Crippen molar-refractivity contribution in [3.05, 3.63) is 36.0 Å². The summed E-state index contributed by atoms with van der Waals surface area (Å²) < 4.78 is 27.0. The van der Waals surface area contributed by atoms with Crippen molar-refractivity contribution >= 4 is 21.7 Å². The van der Waals surface area contributed by atoms with Crippen LogP contribution in [0, 0.1) is 0 Å². The first-order chi connectivity index (χ1) is 11.6. The summed E-state index contributed by atoms with van der Waals surface area (Å²) in [7, 11) is -3.82. The Hall–Kier alpha value is -2.42. The molecule has 3 rings (SSSR count). The van der Waals surface area contributed by atoms with Gasteiger partial charge in [-0.15, -0.1) is 10.2 Å². The summed E-state index contributed by atoms with van der Waals surface area (Å²) in [6.45, 7) is 0. The maximum Gasteiger partial charge on any atom is 0.275 e. The molecule has 1 saturated carbocycles. The number of anilines is 1. The van der Waals surface area contributed by atoms with E-state index in [1.165, 1.54) is 18.6 Å². The number of nitrogens with one attached hydrogen (secondary N) is 3. The molecule has 8 nitrogen and oxygen atoms in total. The van der Waals surface area contributed by atoms with Crippen molar-refractivity contribution in [1.82, 2.24) is 20.7 Å². The van der Waals surface area contributed by atoms with Gasteiger partial charge in [0.05, 0.1) is 4.90 Å². The van der Waals surface area contributed by atoms with E-state index in [2.05, 4.69) is 25.4 Å². The standard InChI is InChI=1S/C15H19N5O3S/c21-15(16-11-7-3-1-4-8-11)13-14(18-20-17-13)19-24(22,23)12-9-5-2-6-10-12/h2,5-6,9-11H,1,3-4,7-8H2,(H,16,21)(H2,17,18,19,20). The Balaban J connectivity index is 1.74. The monoisotopic (exact) mass is 349 g/mol. The number of amides is 1. The molecule has 3 N–H and O–H groups in total. The largest absolute Gasteiger partial charge is 0.348 e. The Kier molecular flexibility index (Phi) is 4.79. The molecule has 1 aromatic carbocycles. The zero-order valence-corrected chi connectivity index (χ0v) is 13.8. The Labute approximate surface area is 140 Å². The molecule has 1 aromatic heterocycles. The predicted octanol–water partition coefficient (Wildman–Crippen LogP) is 1.67. The van der Waals surface area contributed by atoms with E-state index < -0.39 is 15.9 Å². The number of aromatic nitrogens is 3. The number of carbonyl (C=O) groups excluding carboxylic acids is 1. The van der Waals surface area contributed by atoms with Gasteiger partial charge in [-0.25, -0.2) is 8.42 Å². The molecule has 1 aliphatic rings. The van der Waals surface area contributed by atoms with E-state index in [1.54, 1.807) is 18.2 Å². The quantitative estimate of drug-likeness (QED) is 0.759. The normalized spacial score (nSPS) is 15.8. The number of hydrogen-bond acceptors (Lipinski definition) is 5. The summed E-state index contributed by atoms with van der Waals surface area (Å²) in [6, 6.07) is 7.98. The third-order valence-electron chi connectivity index (χ3n) is 3.99. The van der Waals surface area contributed by atoms with Crippen LogP contribution in [0.3, 0.4) is 0 Å². The molecule has 1 aliphatic carbocycles. The van der Waals surface area contributed by atoms with E-state index in [4.69, 9.17) is 0 Å². The predicted molar refractivity (Wildman–Crippen MR) is 88.0 cm³/mol. The lowest BCUT2D eigenvalue weighted by molar-refractivity contribution is 0.0923. The lowest BCUT2D eigenvalue weighted by atomic mass is 9.95. The molecular formula is C15H19N5O3S. The summed E-state index contributed by atoms with van der Waals surface area (Å²) in [6.07, 6.45) is 5.19. The highest BCUT2D eigenvalue weighted by molar-refractivity contribution is 7.92. The highest BCUT2D eigenvalue weighted by Crippen LogP contribution is 2.19. The van der Waals surface area contributed by atoms with Crippen molar-refractivity contribution in [2.24, 2.45) is 0 Å². The number of aromatic amines is 1. The van der Waals surface area contributed by atoms with Gasteiger partial charge < -0.3 is 5.32 Å². The van der Waals surface area contributed by atoms with Crippen LogP contribution in [0.15, 0.2) is 35.2 Å². The van der Waals surface area contributed by atoms with Gasteiger partial charge in [0.25, 0.3) is 15.9 Å². The van der Waals surface area contributed by atoms with E-state index in [1.807, 2.05) is 0 Å². The second-order valence-electron chi connectivity index (χ2n) is 5.75. The number of nitrogens with zero attached hydrogens (tertiary/aromatic N) is 2. The minimum atomic E-state index is -3.82. The van der Waals surface area contributed by atoms with Crippen LogP contribution in [0.1, 0.15) is 42.6 Å². The van der Waals surface area contributed by atoms with Crippen LogP contribution in [-0.2, 0) is 10.0 Å². The zero-order chi connectivity index (χ0) is 17.0. The van der Waals surface area contributed by atoms with Gasteiger partial charge in [-0.3, -0.25) is 9.52 Å². The summed E-state index contributed by atoms with van der Waals surface area (Å²) >= 11 is 0. The van der Waals surface area contributed by atoms with Gasteiger partial charge in [-0.2, -0.15) is 5.21 Å². The van der Waals surface area contributed by atoms with Crippen molar-refractivity contribution in [3.63, 3.8) is 0 Å². The van der Waals surface area contributed by atoms with Crippen LogP contribution in [0.4, 0.5) is 5.82 Å². The Morgan fingerprint density at radius 2 is 1.79 bits per heavy atom. The fraction of sp³-hybridized carbons (Fsp3) is 0.400. The second-order valence-corrected chi connectivity index (χ2v) is 7.43. The molecule has 0 radical (unpaired) electrons. The van der Waals surface area contributed by atoms with Crippen molar-refractivity contribution in [2.45, 2.75) is 43.0 Å². The molecule has 1 fully saturated rings. The lowest BCUT2D eigenvalue weighted by Crippen LogP contribution is -2.36. The zero-order valence-electron chi connectivity index (χ0n) is 13.0. The Morgan fingerprint density at radius 1 is 1.08 bits per heavy atom. The molecule has 9 heteroatoms. The minimum absolute atomic E-state index is 0.0555. The highest BCUT2D eigenvalue weighted by atomic mass is 32.2. The average molecular weight is 349 g/mol. The van der Waals surface area contributed by atoms with E-state index >= 15 is 0 Å². The smallest absolute Gasteiger partial charge is 0.275 e. The van der Waals surface area contributed by atoms with E-state index in [9.17, 15) is 13.2 Å². The number of carbonyl (C=O) groups is 1. The Bertz CT molecular complexity index is 798. The second kappa shape index (κ2) is 7.00. The number of H-pyrrole nitrogens is 1. The van der Waals surface area contributed by atoms with E-state index in [0.717, 1.165) is 25.7 Å². The molecule has 128 valence electrons. The van der Waals surface area contributed by atoms with Crippen molar-refractivity contribution in [1.29, 1.82) is 0 Å². The molecule has 0 spiro atoms. The number of rotatable bonds is 5. The minimum Gasteiger partial charge on any atom is -0.348 e. The van der Waals surface area contributed by atoms with Crippen molar-refractivity contribution in [3.8, 4) is 0 Å². The molecule has 0 saturated heterocycles. The highest BCUT2D eigenvalue weighted by Gasteiger charge is 2.24. The van der Waals surface area contributed by atoms with Crippen molar-refractivity contribution < 1.29 is 13.2 Å². The molecule has 0 bridgehead atoms. The van der Waals surface area contributed by atoms with Gasteiger partial charge >= 0.3 is 0 Å². The van der Waals surface area contributed by atoms with Gasteiger partial charge in [-0.05, 0) is 25.0 Å². The molecule has 1 heterocycles. The molecule has 1 amide bonds. The summed E-state index contributed by atoms with van der Waals surface area (Å²) in [5.41, 5.74) is -0.0555. The fourth-order valence-electron chi connectivity index (χ4n) is 2.75. The van der Waals surface area contributed by atoms with Gasteiger partial charge in [-0.1, -0.05) is 37.5 Å². The summed E-state index contributed by atoms with van der Waals surface area (Å²) in [5, 5.41) is 12.7. The molecule has 0 atom stereocenters. The lowest BCUT2D eigenvalue weighted by Gasteiger charge is -2.22. The molecule has 2 aromatic rings. The van der Waals surface area contributed by atoms with Gasteiger partial charge in [0.1, 0.15) is 0 Å². The third-order valence-corrected chi connectivity index (χ3v) is 5.34. The van der Waals surface area contributed by atoms with Crippen LogP contribution in [0.2, 0.25) is 0 Å². The van der Waals surface area contributed by atoms with Crippen LogP contribution in [0.25, 0.3) is 0 Å². The number of benzene rings is 1. The van der Waals surface area contributed by atoms with E-state index in [0.29, 0.717) is 0 Å².